The van der Waals surface area contributed by atoms with Crippen molar-refractivity contribution < 1.29 is 23.8 Å². The van der Waals surface area contributed by atoms with Gasteiger partial charge in [-0.25, -0.2) is 0 Å². The van der Waals surface area contributed by atoms with Crippen LogP contribution in [0.15, 0.2) is 36.4 Å². The zero-order valence-electron chi connectivity index (χ0n) is 16.8. The third-order valence-corrected chi connectivity index (χ3v) is 4.08. The Balaban J connectivity index is 1.94. The summed E-state index contributed by atoms with van der Waals surface area (Å²) in [5.41, 5.74) is 7.05. The number of rotatable bonds is 7. The zero-order valence-corrected chi connectivity index (χ0v) is 16.8. The molecule has 0 aliphatic rings. The van der Waals surface area contributed by atoms with Crippen LogP contribution in [0.4, 0.5) is 0 Å². The second-order valence-electron chi connectivity index (χ2n) is 6.59. The quantitative estimate of drug-likeness (QED) is 0.715. The molecule has 7 heteroatoms. The van der Waals surface area contributed by atoms with Gasteiger partial charge in [0.15, 0.2) is 6.61 Å². The van der Waals surface area contributed by atoms with E-state index in [9.17, 15) is 9.59 Å². The van der Waals surface area contributed by atoms with Crippen LogP contribution in [-0.4, -0.2) is 32.6 Å². The molecule has 0 heterocycles. The van der Waals surface area contributed by atoms with Gasteiger partial charge in [-0.1, -0.05) is 26.0 Å². The van der Waals surface area contributed by atoms with E-state index in [1.165, 1.54) is 14.2 Å². The number of aryl methyl sites for hydroxylation is 1. The second-order valence-corrected chi connectivity index (χ2v) is 6.59. The Bertz CT molecular complexity index is 826. The number of hydrogen-bond donors (Lipinski definition) is 2. The maximum Gasteiger partial charge on any atom is 0.276 e. The van der Waals surface area contributed by atoms with Gasteiger partial charge in [0.1, 0.15) is 17.2 Å². The van der Waals surface area contributed by atoms with Gasteiger partial charge in [0.25, 0.3) is 11.8 Å². The molecule has 150 valence electrons. The van der Waals surface area contributed by atoms with Gasteiger partial charge in [-0.2, -0.15) is 0 Å². The summed E-state index contributed by atoms with van der Waals surface area (Å²) in [6.07, 6.45) is 0. The van der Waals surface area contributed by atoms with Crippen molar-refractivity contribution in [2.45, 2.75) is 26.7 Å². The molecule has 7 nitrogen and oxygen atoms in total. The lowest BCUT2D eigenvalue weighted by Gasteiger charge is -2.15. The molecule has 0 aliphatic heterocycles. The lowest BCUT2D eigenvalue weighted by Crippen LogP contribution is -2.43. The van der Waals surface area contributed by atoms with Gasteiger partial charge < -0.3 is 14.2 Å². The number of hydrogen-bond acceptors (Lipinski definition) is 5. The first-order valence-electron chi connectivity index (χ1n) is 8.89. The molecule has 0 saturated heterocycles. The Kier molecular flexibility index (Phi) is 7.26. The average molecular weight is 386 g/mol. The minimum Gasteiger partial charge on any atom is -0.497 e. The summed E-state index contributed by atoms with van der Waals surface area (Å²) in [6, 6.07) is 10.6. The summed E-state index contributed by atoms with van der Waals surface area (Å²) in [7, 11) is 2.98. The lowest BCUT2D eigenvalue weighted by atomic mass is 10.0. The number of carbonyl (C=O) groups excluding carboxylic acids is 2. The van der Waals surface area contributed by atoms with Gasteiger partial charge in [0.05, 0.1) is 14.2 Å². The van der Waals surface area contributed by atoms with Crippen molar-refractivity contribution in [1.82, 2.24) is 10.9 Å². The molecule has 0 fully saturated rings. The van der Waals surface area contributed by atoms with E-state index in [-0.39, 0.29) is 18.1 Å². The number of hydrazine groups is 1. The molecule has 0 atom stereocenters. The van der Waals surface area contributed by atoms with Crippen LogP contribution in [0, 0.1) is 6.92 Å². The molecular formula is C21H26N2O5. The maximum atomic E-state index is 12.3. The minimum absolute atomic E-state index is 0.217. The molecule has 0 aromatic heterocycles. The Morgan fingerprint density at radius 1 is 0.964 bits per heavy atom. The lowest BCUT2D eigenvalue weighted by molar-refractivity contribution is -0.123. The predicted molar refractivity (Wildman–Crippen MR) is 106 cm³/mol. The predicted octanol–water partition coefficient (Wildman–Crippen LogP) is 2.98. The molecule has 0 aliphatic carbocycles. The van der Waals surface area contributed by atoms with Crippen molar-refractivity contribution in [3.05, 3.63) is 53.1 Å². The normalized spacial score (nSPS) is 10.4. The van der Waals surface area contributed by atoms with Gasteiger partial charge in [-0.3, -0.25) is 20.4 Å². The topological polar surface area (TPSA) is 85.9 Å². The molecule has 2 N–H and O–H groups in total. The third kappa shape index (κ3) is 5.64. The van der Waals surface area contributed by atoms with E-state index in [0.717, 1.165) is 11.1 Å². The second kappa shape index (κ2) is 9.64. The molecule has 2 amide bonds. The van der Waals surface area contributed by atoms with E-state index < -0.39 is 11.8 Å². The summed E-state index contributed by atoms with van der Waals surface area (Å²) in [5, 5.41) is 0. The van der Waals surface area contributed by atoms with Crippen molar-refractivity contribution in [2.75, 3.05) is 20.8 Å². The molecule has 2 aromatic carbocycles. The summed E-state index contributed by atoms with van der Waals surface area (Å²) < 4.78 is 15.9. The highest BCUT2D eigenvalue weighted by Gasteiger charge is 2.13. The molecular weight excluding hydrogens is 360 g/mol. The minimum atomic E-state index is -0.496. The van der Waals surface area contributed by atoms with Crippen LogP contribution in [-0.2, 0) is 4.79 Å². The first-order valence-corrected chi connectivity index (χ1v) is 8.89. The summed E-state index contributed by atoms with van der Waals surface area (Å²) in [6.45, 7) is 5.85. The number of amides is 2. The maximum absolute atomic E-state index is 12.3. The molecule has 0 saturated carbocycles. The molecule has 2 rings (SSSR count). The standard InChI is InChI=1S/C21H26N2O5/c1-13(2)18-7-6-14(3)8-19(18)28-12-20(24)22-23-21(25)15-9-16(26-4)11-17(10-15)27-5/h6-11,13H,12H2,1-5H3,(H,22,24)(H,23,25). The van der Waals surface area contributed by atoms with E-state index in [1.807, 2.05) is 25.1 Å². The van der Waals surface area contributed by atoms with Crippen molar-refractivity contribution in [3.8, 4) is 17.2 Å². The highest BCUT2D eigenvalue weighted by Crippen LogP contribution is 2.27. The largest absolute Gasteiger partial charge is 0.497 e. The smallest absolute Gasteiger partial charge is 0.276 e. The fourth-order valence-corrected chi connectivity index (χ4v) is 2.56. The number of methoxy groups -OCH3 is 2. The third-order valence-electron chi connectivity index (χ3n) is 4.08. The monoisotopic (exact) mass is 386 g/mol. The van der Waals surface area contributed by atoms with Gasteiger partial charge in [0.2, 0.25) is 0 Å². The zero-order chi connectivity index (χ0) is 20.7. The van der Waals surface area contributed by atoms with Crippen molar-refractivity contribution in [2.24, 2.45) is 0 Å². The van der Waals surface area contributed by atoms with E-state index in [2.05, 4.69) is 24.7 Å². The fourth-order valence-electron chi connectivity index (χ4n) is 2.56. The number of carbonyl (C=O) groups is 2. The fraction of sp³-hybridized carbons (Fsp3) is 0.333. The SMILES string of the molecule is COc1cc(OC)cc(C(=O)NNC(=O)COc2cc(C)ccc2C(C)C)c1. The van der Waals surface area contributed by atoms with E-state index >= 15 is 0 Å². The highest BCUT2D eigenvalue weighted by molar-refractivity contribution is 5.96. The van der Waals surface area contributed by atoms with Gasteiger partial charge >= 0.3 is 0 Å². The van der Waals surface area contributed by atoms with E-state index in [4.69, 9.17) is 14.2 Å². The Morgan fingerprint density at radius 2 is 1.61 bits per heavy atom. The van der Waals surface area contributed by atoms with Crippen molar-refractivity contribution in [1.29, 1.82) is 0 Å². The molecule has 0 spiro atoms. The van der Waals surface area contributed by atoms with E-state index in [1.54, 1.807) is 18.2 Å². The van der Waals surface area contributed by atoms with Gasteiger partial charge in [0, 0.05) is 11.6 Å². The first-order chi connectivity index (χ1) is 13.3. The van der Waals surface area contributed by atoms with Crippen molar-refractivity contribution >= 4 is 11.8 Å². The van der Waals surface area contributed by atoms with Crippen LogP contribution in [0.5, 0.6) is 17.2 Å². The number of benzene rings is 2. The summed E-state index contributed by atoms with van der Waals surface area (Å²) in [4.78, 5) is 24.3. The summed E-state index contributed by atoms with van der Waals surface area (Å²) in [5.74, 6) is 0.901. The van der Waals surface area contributed by atoms with Gasteiger partial charge in [-0.15, -0.1) is 0 Å². The molecule has 0 unspecified atom stereocenters. The number of ether oxygens (including phenoxy) is 3. The first kappa shape index (κ1) is 21.1. The Labute approximate surface area is 165 Å². The number of nitrogens with one attached hydrogen (secondary N) is 2. The molecule has 28 heavy (non-hydrogen) atoms. The highest BCUT2D eigenvalue weighted by atomic mass is 16.5. The van der Waals surface area contributed by atoms with Crippen LogP contribution in [0.1, 0.15) is 41.3 Å². The van der Waals surface area contributed by atoms with Crippen molar-refractivity contribution in [3.63, 3.8) is 0 Å². The van der Waals surface area contributed by atoms with Gasteiger partial charge in [-0.05, 0) is 42.2 Å². The van der Waals surface area contributed by atoms with Crippen LogP contribution >= 0.6 is 0 Å². The Morgan fingerprint density at radius 3 is 2.18 bits per heavy atom. The molecule has 0 radical (unpaired) electrons. The summed E-state index contributed by atoms with van der Waals surface area (Å²) >= 11 is 0. The van der Waals surface area contributed by atoms with E-state index in [0.29, 0.717) is 17.2 Å². The van der Waals surface area contributed by atoms with Crippen LogP contribution in [0.25, 0.3) is 0 Å². The Hall–Kier alpha value is -3.22. The molecule has 0 bridgehead atoms. The van der Waals surface area contributed by atoms with Crippen LogP contribution < -0.4 is 25.1 Å². The molecule has 2 aromatic rings. The average Bonchev–Trinajstić information content (AvgIpc) is 2.69. The van der Waals surface area contributed by atoms with Crippen LogP contribution in [0.3, 0.4) is 0 Å². The van der Waals surface area contributed by atoms with Crippen LogP contribution in [0.2, 0.25) is 0 Å².